The smallest absolute Gasteiger partial charge is 0.133 e. The molecule has 1 heterocycles. The Hall–Kier alpha value is -0.840. The lowest BCUT2D eigenvalue weighted by molar-refractivity contribution is 1.10. The molecular weight excluding hydrogens is 253 g/mol. The Labute approximate surface area is 101 Å². The summed E-state index contributed by atoms with van der Waals surface area (Å²) < 4.78 is 0. The molecule has 15 heavy (non-hydrogen) atoms. The van der Waals surface area contributed by atoms with Crippen molar-refractivity contribution < 1.29 is 0 Å². The molecule has 3 N–H and O–H groups in total. The third-order valence-corrected chi connectivity index (χ3v) is 3.81. The molecule has 0 aliphatic carbocycles. The standard InChI is InChI=1S/C9H7Cl2N3S/c10-5-2-1-3-6(11)8(5)15-7-4-13-14-9(7)12/h1-4H,(H3,12,13,14). The van der Waals surface area contributed by atoms with Gasteiger partial charge in [-0.3, -0.25) is 5.10 Å². The molecule has 1 aromatic carbocycles. The van der Waals surface area contributed by atoms with Crippen molar-refractivity contribution in [3.8, 4) is 0 Å². The first kappa shape index (κ1) is 10.7. The van der Waals surface area contributed by atoms with E-state index in [4.69, 9.17) is 28.9 Å². The average molecular weight is 260 g/mol. The molecule has 0 spiro atoms. The van der Waals surface area contributed by atoms with Crippen LogP contribution in [0.3, 0.4) is 0 Å². The fourth-order valence-electron chi connectivity index (χ4n) is 1.06. The fourth-order valence-corrected chi connectivity index (χ4v) is 2.50. The number of nitrogens with one attached hydrogen (secondary N) is 1. The number of nitrogen functional groups attached to an aromatic ring is 1. The number of benzene rings is 1. The van der Waals surface area contributed by atoms with E-state index in [0.717, 1.165) is 9.79 Å². The highest BCUT2D eigenvalue weighted by atomic mass is 35.5. The lowest BCUT2D eigenvalue weighted by atomic mass is 10.4. The number of H-pyrrole nitrogens is 1. The van der Waals surface area contributed by atoms with Gasteiger partial charge in [0.2, 0.25) is 0 Å². The molecule has 0 aliphatic heterocycles. The van der Waals surface area contributed by atoms with Gasteiger partial charge in [-0.15, -0.1) is 0 Å². The molecule has 0 saturated heterocycles. The highest BCUT2D eigenvalue weighted by molar-refractivity contribution is 7.99. The summed E-state index contributed by atoms with van der Waals surface area (Å²) in [7, 11) is 0. The number of aromatic amines is 1. The molecule has 0 amide bonds. The van der Waals surface area contributed by atoms with Gasteiger partial charge < -0.3 is 5.73 Å². The van der Waals surface area contributed by atoms with E-state index in [-0.39, 0.29) is 0 Å². The van der Waals surface area contributed by atoms with Crippen LogP contribution < -0.4 is 5.73 Å². The molecule has 1 aromatic heterocycles. The van der Waals surface area contributed by atoms with Gasteiger partial charge in [-0.25, -0.2) is 0 Å². The Morgan fingerprint density at radius 3 is 2.47 bits per heavy atom. The number of rotatable bonds is 2. The molecule has 0 aliphatic rings. The van der Waals surface area contributed by atoms with Gasteiger partial charge in [-0.2, -0.15) is 5.10 Å². The maximum absolute atomic E-state index is 6.02. The van der Waals surface area contributed by atoms with Gasteiger partial charge in [0, 0.05) is 4.90 Å². The van der Waals surface area contributed by atoms with Crippen LogP contribution in [0.4, 0.5) is 5.82 Å². The number of halogens is 2. The third-order valence-electron chi connectivity index (χ3n) is 1.76. The quantitative estimate of drug-likeness (QED) is 0.869. The van der Waals surface area contributed by atoms with Gasteiger partial charge in [-0.1, -0.05) is 41.0 Å². The molecule has 0 radical (unpaired) electrons. The zero-order chi connectivity index (χ0) is 10.8. The largest absolute Gasteiger partial charge is 0.383 e. The Balaban J connectivity index is 2.36. The van der Waals surface area contributed by atoms with Crippen LogP contribution in [0.5, 0.6) is 0 Å². The molecule has 2 aromatic rings. The van der Waals surface area contributed by atoms with Crippen LogP contribution in [0, 0.1) is 0 Å². The molecule has 78 valence electrons. The predicted molar refractivity (Wildman–Crippen MR) is 63.6 cm³/mol. The highest BCUT2D eigenvalue weighted by Gasteiger charge is 2.10. The zero-order valence-corrected chi connectivity index (χ0v) is 9.83. The predicted octanol–water partition coefficient (Wildman–Crippen LogP) is 3.45. The van der Waals surface area contributed by atoms with E-state index in [1.807, 2.05) is 0 Å². The second kappa shape index (κ2) is 4.35. The number of anilines is 1. The summed E-state index contributed by atoms with van der Waals surface area (Å²) in [6.07, 6.45) is 1.64. The van der Waals surface area contributed by atoms with E-state index in [9.17, 15) is 0 Å². The second-order valence-electron chi connectivity index (χ2n) is 2.80. The second-order valence-corrected chi connectivity index (χ2v) is 4.67. The van der Waals surface area contributed by atoms with Crippen LogP contribution in [-0.2, 0) is 0 Å². The first-order chi connectivity index (χ1) is 7.18. The van der Waals surface area contributed by atoms with Crippen molar-refractivity contribution in [3.05, 3.63) is 34.4 Å². The van der Waals surface area contributed by atoms with Crippen LogP contribution >= 0.6 is 35.0 Å². The Morgan fingerprint density at radius 1 is 1.27 bits per heavy atom. The van der Waals surface area contributed by atoms with Crippen LogP contribution in [0.15, 0.2) is 34.2 Å². The van der Waals surface area contributed by atoms with Crippen molar-refractivity contribution >= 4 is 40.8 Å². The van der Waals surface area contributed by atoms with Gasteiger partial charge in [0.05, 0.1) is 21.1 Å². The minimum absolute atomic E-state index is 0.510. The fraction of sp³-hybridized carbons (Fsp3) is 0. The summed E-state index contributed by atoms with van der Waals surface area (Å²) in [5.74, 6) is 0.510. The molecular formula is C9H7Cl2N3S. The van der Waals surface area contributed by atoms with Crippen molar-refractivity contribution in [2.24, 2.45) is 0 Å². The normalized spacial score (nSPS) is 10.5. The maximum atomic E-state index is 6.02. The molecule has 0 saturated carbocycles. The first-order valence-corrected chi connectivity index (χ1v) is 5.66. The number of hydrogen-bond acceptors (Lipinski definition) is 3. The Bertz CT molecular complexity index is 464. The Kier molecular flexibility index (Phi) is 3.09. The van der Waals surface area contributed by atoms with E-state index in [1.165, 1.54) is 11.8 Å². The molecule has 0 atom stereocenters. The summed E-state index contributed by atoms with van der Waals surface area (Å²) in [4.78, 5) is 1.60. The van der Waals surface area contributed by atoms with Crippen molar-refractivity contribution in [3.63, 3.8) is 0 Å². The average Bonchev–Trinajstić information content (AvgIpc) is 2.58. The van der Waals surface area contributed by atoms with E-state index in [0.29, 0.717) is 15.9 Å². The van der Waals surface area contributed by atoms with Gasteiger partial charge in [0.1, 0.15) is 5.82 Å². The molecule has 6 heteroatoms. The topological polar surface area (TPSA) is 54.7 Å². The van der Waals surface area contributed by atoms with E-state index >= 15 is 0 Å². The molecule has 0 fully saturated rings. The number of nitrogens with two attached hydrogens (primary N) is 1. The van der Waals surface area contributed by atoms with Gasteiger partial charge in [0.25, 0.3) is 0 Å². The SMILES string of the molecule is Nc1[nH]ncc1Sc1c(Cl)cccc1Cl. The van der Waals surface area contributed by atoms with Crippen LogP contribution in [0.2, 0.25) is 10.0 Å². The van der Waals surface area contributed by atoms with Crippen LogP contribution in [-0.4, -0.2) is 10.2 Å². The minimum Gasteiger partial charge on any atom is -0.383 e. The molecule has 0 bridgehead atoms. The lowest BCUT2D eigenvalue weighted by Gasteiger charge is -2.04. The summed E-state index contributed by atoms with van der Waals surface area (Å²) in [6, 6.07) is 5.37. The van der Waals surface area contributed by atoms with Crippen LogP contribution in [0.25, 0.3) is 0 Å². The lowest BCUT2D eigenvalue weighted by Crippen LogP contribution is -1.86. The number of nitrogens with zero attached hydrogens (tertiary/aromatic N) is 1. The van der Waals surface area contributed by atoms with Gasteiger partial charge >= 0.3 is 0 Å². The summed E-state index contributed by atoms with van der Waals surface area (Å²) in [5, 5.41) is 7.68. The van der Waals surface area contributed by atoms with E-state index in [2.05, 4.69) is 10.2 Å². The van der Waals surface area contributed by atoms with Crippen LogP contribution in [0.1, 0.15) is 0 Å². The van der Waals surface area contributed by atoms with Crippen molar-refractivity contribution in [2.45, 2.75) is 9.79 Å². The van der Waals surface area contributed by atoms with Gasteiger partial charge in [0.15, 0.2) is 0 Å². The number of aromatic nitrogens is 2. The third kappa shape index (κ3) is 2.22. The van der Waals surface area contributed by atoms with Crippen molar-refractivity contribution in [2.75, 3.05) is 5.73 Å². The summed E-state index contributed by atoms with van der Waals surface area (Å²) in [5.41, 5.74) is 5.66. The highest BCUT2D eigenvalue weighted by Crippen LogP contribution is 2.39. The molecule has 0 unspecified atom stereocenters. The van der Waals surface area contributed by atoms with E-state index < -0.39 is 0 Å². The van der Waals surface area contributed by atoms with Crippen molar-refractivity contribution in [1.82, 2.24) is 10.2 Å². The first-order valence-electron chi connectivity index (χ1n) is 4.09. The molecule has 2 rings (SSSR count). The maximum Gasteiger partial charge on any atom is 0.133 e. The summed E-state index contributed by atoms with van der Waals surface area (Å²) >= 11 is 13.4. The zero-order valence-electron chi connectivity index (χ0n) is 7.50. The van der Waals surface area contributed by atoms with Gasteiger partial charge in [-0.05, 0) is 12.1 Å². The monoisotopic (exact) mass is 259 g/mol. The summed E-state index contributed by atoms with van der Waals surface area (Å²) in [6.45, 7) is 0. The Morgan fingerprint density at radius 2 is 1.93 bits per heavy atom. The minimum atomic E-state index is 0.510. The number of hydrogen-bond donors (Lipinski definition) is 2. The van der Waals surface area contributed by atoms with E-state index in [1.54, 1.807) is 24.4 Å². The van der Waals surface area contributed by atoms with Crippen molar-refractivity contribution in [1.29, 1.82) is 0 Å². The molecule has 3 nitrogen and oxygen atoms in total.